The maximum Gasteiger partial charge on any atom is 0.227 e. The topological polar surface area (TPSA) is 59.3 Å². The molecule has 0 aliphatic carbocycles. The van der Waals surface area contributed by atoms with Gasteiger partial charge < -0.3 is 19.1 Å². The van der Waals surface area contributed by atoms with Gasteiger partial charge in [-0.15, -0.1) is 0 Å². The molecule has 0 spiro atoms. The summed E-state index contributed by atoms with van der Waals surface area (Å²) in [5.41, 5.74) is 2.23. The van der Waals surface area contributed by atoms with Gasteiger partial charge in [0.25, 0.3) is 0 Å². The molecule has 0 saturated carbocycles. The molecule has 2 aromatic rings. The predicted molar refractivity (Wildman–Crippen MR) is 104 cm³/mol. The molecule has 7 heteroatoms. The van der Waals surface area contributed by atoms with Crippen molar-refractivity contribution in [2.45, 2.75) is 39.2 Å². The van der Waals surface area contributed by atoms with Crippen LogP contribution in [0.15, 0.2) is 12.4 Å². The number of hydrogen-bond donors (Lipinski definition) is 0. The van der Waals surface area contributed by atoms with Gasteiger partial charge in [-0.25, -0.2) is 9.97 Å². The molecule has 0 bridgehead atoms. The van der Waals surface area contributed by atoms with Crippen LogP contribution in [0.5, 0.6) is 0 Å². The van der Waals surface area contributed by atoms with E-state index in [0.29, 0.717) is 5.92 Å². The van der Waals surface area contributed by atoms with Gasteiger partial charge in [-0.2, -0.15) is 4.98 Å². The van der Waals surface area contributed by atoms with E-state index in [1.54, 1.807) is 7.11 Å². The number of aromatic nitrogens is 4. The first-order valence-electron chi connectivity index (χ1n) is 9.28. The Morgan fingerprint density at radius 1 is 1.19 bits per heavy atom. The molecule has 2 aromatic heterocycles. The fourth-order valence-corrected chi connectivity index (χ4v) is 3.52. The summed E-state index contributed by atoms with van der Waals surface area (Å²) in [6.45, 7) is 7.75. The quantitative estimate of drug-likeness (QED) is 0.790. The summed E-state index contributed by atoms with van der Waals surface area (Å²) in [4.78, 5) is 18.4. The third-order valence-electron chi connectivity index (χ3n) is 5.20. The van der Waals surface area contributed by atoms with Crippen LogP contribution in [-0.2, 0) is 11.3 Å². The molecule has 3 heterocycles. The van der Waals surface area contributed by atoms with Crippen LogP contribution in [0.2, 0.25) is 0 Å². The van der Waals surface area contributed by atoms with Gasteiger partial charge in [0.15, 0.2) is 0 Å². The van der Waals surface area contributed by atoms with Gasteiger partial charge in [-0.3, -0.25) is 0 Å². The van der Waals surface area contributed by atoms with Gasteiger partial charge >= 0.3 is 0 Å². The highest BCUT2D eigenvalue weighted by Crippen LogP contribution is 2.31. The molecule has 0 amide bonds. The summed E-state index contributed by atoms with van der Waals surface area (Å²) in [5, 5.41) is 0. The molecule has 142 valence electrons. The van der Waals surface area contributed by atoms with E-state index in [-0.39, 0.29) is 0 Å². The minimum Gasteiger partial charge on any atom is -0.383 e. The van der Waals surface area contributed by atoms with E-state index in [4.69, 9.17) is 9.72 Å². The maximum absolute atomic E-state index is 5.21. The molecule has 1 fully saturated rings. The fraction of sp³-hybridized carbons (Fsp3) is 0.632. The van der Waals surface area contributed by atoms with Crippen molar-refractivity contribution in [3.63, 3.8) is 0 Å². The molecular formula is C19H30N6O. The monoisotopic (exact) mass is 358 g/mol. The van der Waals surface area contributed by atoms with Crippen molar-refractivity contribution in [2.75, 3.05) is 50.7 Å². The number of piperidine rings is 1. The van der Waals surface area contributed by atoms with Gasteiger partial charge in [-0.05, 0) is 26.7 Å². The molecule has 1 aliphatic rings. The van der Waals surface area contributed by atoms with E-state index >= 15 is 0 Å². The van der Waals surface area contributed by atoms with Crippen LogP contribution in [0, 0.1) is 13.8 Å². The third-order valence-corrected chi connectivity index (χ3v) is 5.20. The lowest BCUT2D eigenvalue weighted by molar-refractivity contribution is 0.185. The van der Waals surface area contributed by atoms with Crippen LogP contribution >= 0.6 is 0 Å². The lowest BCUT2D eigenvalue weighted by Crippen LogP contribution is -2.35. The SMILES string of the molecule is COCCn1ccnc1C1CCN(c2nc(N(C)C)nc(C)c2C)CC1. The van der Waals surface area contributed by atoms with Gasteiger partial charge in [0, 0.05) is 70.4 Å². The average Bonchev–Trinajstić information content (AvgIpc) is 3.10. The van der Waals surface area contributed by atoms with E-state index in [1.165, 1.54) is 11.4 Å². The van der Waals surface area contributed by atoms with Crippen molar-refractivity contribution in [1.82, 2.24) is 19.5 Å². The van der Waals surface area contributed by atoms with Crippen LogP contribution in [0.25, 0.3) is 0 Å². The molecule has 3 rings (SSSR count). The molecular weight excluding hydrogens is 328 g/mol. The molecule has 0 aromatic carbocycles. The van der Waals surface area contributed by atoms with Crippen molar-refractivity contribution in [3.05, 3.63) is 29.5 Å². The number of hydrogen-bond acceptors (Lipinski definition) is 6. The Balaban J connectivity index is 1.72. The lowest BCUT2D eigenvalue weighted by atomic mass is 9.95. The molecule has 0 radical (unpaired) electrons. The van der Waals surface area contributed by atoms with Crippen LogP contribution in [-0.4, -0.2) is 60.4 Å². The molecule has 26 heavy (non-hydrogen) atoms. The molecule has 0 atom stereocenters. The van der Waals surface area contributed by atoms with Gasteiger partial charge in [0.2, 0.25) is 5.95 Å². The summed E-state index contributed by atoms with van der Waals surface area (Å²) in [7, 11) is 5.71. The van der Waals surface area contributed by atoms with Crippen molar-refractivity contribution < 1.29 is 4.74 Å². The third kappa shape index (κ3) is 3.82. The average molecular weight is 358 g/mol. The summed E-state index contributed by atoms with van der Waals surface area (Å²) in [6, 6.07) is 0. The molecule has 1 saturated heterocycles. The minimum atomic E-state index is 0.495. The number of imidazole rings is 1. The Morgan fingerprint density at radius 2 is 1.92 bits per heavy atom. The van der Waals surface area contributed by atoms with Gasteiger partial charge in [-0.1, -0.05) is 0 Å². The Kier molecular flexibility index (Phi) is 5.76. The first-order valence-corrected chi connectivity index (χ1v) is 9.28. The standard InChI is InChI=1S/C19H30N6O/c1-14-15(2)21-19(23(3)4)22-17(14)24-9-6-16(7-10-24)18-20-8-11-25(18)12-13-26-5/h8,11,16H,6-7,9-10,12-13H2,1-5H3. The fourth-order valence-electron chi connectivity index (χ4n) is 3.52. The first-order chi connectivity index (χ1) is 12.5. The van der Waals surface area contributed by atoms with Crippen molar-refractivity contribution in [1.29, 1.82) is 0 Å². The first kappa shape index (κ1) is 18.6. The highest BCUT2D eigenvalue weighted by Gasteiger charge is 2.26. The normalized spacial score (nSPS) is 15.5. The van der Waals surface area contributed by atoms with E-state index in [0.717, 1.165) is 56.5 Å². The van der Waals surface area contributed by atoms with Crippen molar-refractivity contribution in [3.8, 4) is 0 Å². The summed E-state index contributed by atoms with van der Waals surface area (Å²) < 4.78 is 7.44. The maximum atomic E-state index is 5.21. The Hall–Kier alpha value is -2.15. The predicted octanol–water partition coefficient (Wildman–Crippen LogP) is 2.39. The molecule has 0 N–H and O–H groups in total. The molecule has 0 unspecified atom stereocenters. The Labute approximate surface area is 156 Å². The largest absolute Gasteiger partial charge is 0.383 e. The van der Waals surface area contributed by atoms with Crippen molar-refractivity contribution in [2.24, 2.45) is 0 Å². The second-order valence-electron chi connectivity index (χ2n) is 7.19. The van der Waals surface area contributed by atoms with Crippen LogP contribution in [0.3, 0.4) is 0 Å². The summed E-state index contributed by atoms with van der Waals surface area (Å²) in [6.07, 6.45) is 6.13. The smallest absolute Gasteiger partial charge is 0.227 e. The van der Waals surface area contributed by atoms with Crippen molar-refractivity contribution >= 4 is 11.8 Å². The Morgan fingerprint density at radius 3 is 2.58 bits per heavy atom. The Bertz CT molecular complexity index is 734. The zero-order valence-corrected chi connectivity index (χ0v) is 16.6. The van der Waals surface area contributed by atoms with Gasteiger partial charge in [0.1, 0.15) is 11.6 Å². The zero-order valence-electron chi connectivity index (χ0n) is 16.6. The van der Waals surface area contributed by atoms with E-state index in [9.17, 15) is 0 Å². The lowest BCUT2D eigenvalue weighted by Gasteiger charge is -2.34. The van der Waals surface area contributed by atoms with Gasteiger partial charge in [0.05, 0.1) is 6.61 Å². The molecule has 7 nitrogen and oxygen atoms in total. The number of anilines is 2. The number of rotatable bonds is 6. The van der Waals surface area contributed by atoms with Crippen LogP contribution in [0.1, 0.15) is 35.8 Å². The second-order valence-corrected chi connectivity index (χ2v) is 7.19. The van der Waals surface area contributed by atoms with Crippen LogP contribution < -0.4 is 9.80 Å². The number of nitrogens with zero attached hydrogens (tertiary/aromatic N) is 6. The highest BCUT2D eigenvalue weighted by atomic mass is 16.5. The van der Waals surface area contributed by atoms with E-state index < -0.39 is 0 Å². The highest BCUT2D eigenvalue weighted by molar-refractivity contribution is 5.52. The number of aryl methyl sites for hydroxylation is 1. The van der Waals surface area contributed by atoms with E-state index in [1.807, 2.05) is 25.2 Å². The van der Waals surface area contributed by atoms with Crippen LogP contribution in [0.4, 0.5) is 11.8 Å². The number of methoxy groups -OCH3 is 1. The summed E-state index contributed by atoms with van der Waals surface area (Å²) >= 11 is 0. The molecule has 1 aliphatic heterocycles. The minimum absolute atomic E-state index is 0.495. The zero-order chi connectivity index (χ0) is 18.7. The second kappa shape index (κ2) is 8.03. The van der Waals surface area contributed by atoms with E-state index in [2.05, 4.69) is 39.5 Å². The summed E-state index contributed by atoms with van der Waals surface area (Å²) in [5.74, 6) is 3.53. The number of ether oxygens (including phenoxy) is 1.